The zero-order valence-electron chi connectivity index (χ0n) is 9.19. The second-order valence-corrected chi connectivity index (χ2v) is 3.94. The van der Waals surface area contributed by atoms with Crippen LogP contribution < -0.4 is 0 Å². The molecule has 80 valence electrons. The average Bonchev–Trinajstić information content (AvgIpc) is 2.01. The number of likely N-dealkylation sites (N-methyl/N-ethyl adjacent to an activating group) is 1. The number of rotatable bonds is 5. The Morgan fingerprint density at radius 3 is 2.71 bits per heavy atom. The van der Waals surface area contributed by atoms with Gasteiger partial charge in [-0.05, 0) is 32.9 Å². The molecule has 1 aliphatic carbocycles. The molecule has 0 N–H and O–H groups in total. The number of ketones is 1. The van der Waals surface area contributed by atoms with Gasteiger partial charge in [0.15, 0.2) is 5.78 Å². The molecule has 0 aromatic heterocycles. The standard InChI is InChI=1S/C11H19NO2/c1-9(13)5-4-6-12(2)10-7-11(8-10)14-3/h4-5,10-11H,6-8H2,1-3H3/b5-4+. The van der Waals surface area contributed by atoms with E-state index in [9.17, 15) is 4.79 Å². The molecule has 0 spiro atoms. The summed E-state index contributed by atoms with van der Waals surface area (Å²) in [5, 5.41) is 0. The van der Waals surface area contributed by atoms with Gasteiger partial charge in [0.05, 0.1) is 6.10 Å². The molecule has 0 unspecified atom stereocenters. The van der Waals surface area contributed by atoms with Gasteiger partial charge >= 0.3 is 0 Å². The number of hydrogen-bond acceptors (Lipinski definition) is 3. The number of methoxy groups -OCH3 is 1. The zero-order chi connectivity index (χ0) is 10.6. The lowest BCUT2D eigenvalue weighted by Gasteiger charge is -2.39. The fourth-order valence-electron chi connectivity index (χ4n) is 1.62. The summed E-state index contributed by atoms with van der Waals surface area (Å²) >= 11 is 0. The van der Waals surface area contributed by atoms with Crippen molar-refractivity contribution >= 4 is 5.78 Å². The highest BCUT2D eigenvalue weighted by Crippen LogP contribution is 2.26. The molecule has 0 heterocycles. The van der Waals surface area contributed by atoms with Crippen molar-refractivity contribution < 1.29 is 9.53 Å². The van der Waals surface area contributed by atoms with Gasteiger partial charge < -0.3 is 4.74 Å². The van der Waals surface area contributed by atoms with Crippen molar-refractivity contribution in [2.75, 3.05) is 20.7 Å². The molecule has 0 amide bonds. The predicted molar refractivity (Wildman–Crippen MR) is 56.3 cm³/mol. The van der Waals surface area contributed by atoms with Crippen LogP contribution in [0.4, 0.5) is 0 Å². The maximum atomic E-state index is 10.7. The summed E-state index contributed by atoms with van der Waals surface area (Å²) in [5.41, 5.74) is 0. The zero-order valence-corrected chi connectivity index (χ0v) is 9.19. The van der Waals surface area contributed by atoms with Crippen LogP contribution in [-0.4, -0.2) is 43.5 Å². The Kier molecular flexibility index (Phi) is 4.29. The van der Waals surface area contributed by atoms with Crippen LogP contribution >= 0.6 is 0 Å². The summed E-state index contributed by atoms with van der Waals surface area (Å²) < 4.78 is 5.21. The van der Waals surface area contributed by atoms with E-state index >= 15 is 0 Å². The maximum Gasteiger partial charge on any atom is 0.152 e. The molecule has 0 aromatic carbocycles. The highest BCUT2D eigenvalue weighted by Gasteiger charge is 2.31. The van der Waals surface area contributed by atoms with Gasteiger partial charge in [0.1, 0.15) is 0 Å². The third-order valence-corrected chi connectivity index (χ3v) is 2.77. The summed E-state index contributed by atoms with van der Waals surface area (Å²) in [4.78, 5) is 12.9. The Bertz CT molecular complexity index is 219. The van der Waals surface area contributed by atoms with Crippen molar-refractivity contribution in [2.45, 2.75) is 31.9 Å². The Balaban J connectivity index is 2.17. The number of carbonyl (C=O) groups is 1. The number of nitrogens with zero attached hydrogens (tertiary/aromatic N) is 1. The van der Waals surface area contributed by atoms with E-state index in [1.807, 2.05) is 6.08 Å². The average molecular weight is 197 g/mol. The second-order valence-electron chi connectivity index (χ2n) is 3.94. The minimum atomic E-state index is 0.113. The van der Waals surface area contributed by atoms with Crippen molar-refractivity contribution in [3.8, 4) is 0 Å². The molecular formula is C11H19NO2. The van der Waals surface area contributed by atoms with Gasteiger partial charge in [0, 0.05) is 19.7 Å². The van der Waals surface area contributed by atoms with Crippen molar-refractivity contribution in [1.82, 2.24) is 4.90 Å². The van der Waals surface area contributed by atoms with E-state index in [1.54, 1.807) is 20.1 Å². The smallest absolute Gasteiger partial charge is 0.152 e. The van der Waals surface area contributed by atoms with E-state index in [0.29, 0.717) is 12.1 Å². The van der Waals surface area contributed by atoms with Gasteiger partial charge in [0.25, 0.3) is 0 Å². The Morgan fingerprint density at radius 1 is 1.57 bits per heavy atom. The molecule has 0 aromatic rings. The lowest BCUT2D eigenvalue weighted by molar-refractivity contribution is -0.112. The van der Waals surface area contributed by atoms with Gasteiger partial charge in [-0.25, -0.2) is 0 Å². The summed E-state index contributed by atoms with van der Waals surface area (Å²) in [6.07, 6.45) is 6.21. The van der Waals surface area contributed by atoms with E-state index in [-0.39, 0.29) is 5.78 Å². The fraction of sp³-hybridized carbons (Fsp3) is 0.727. The van der Waals surface area contributed by atoms with Crippen LogP contribution in [0, 0.1) is 0 Å². The second kappa shape index (κ2) is 5.27. The largest absolute Gasteiger partial charge is 0.381 e. The molecule has 0 saturated heterocycles. The summed E-state index contributed by atoms with van der Waals surface area (Å²) in [6, 6.07) is 0.622. The van der Waals surface area contributed by atoms with E-state index in [2.05, 4.69) is 11.9 Å². The lowest BCUT2D eigenvalue weighted by atomic mass is 9.88. The molecule has 0 atom stereocenters. The topological polar surface area (TPSA) is 29.5 Å². The van der Waals surface area contributed by atoms with Crippen molar-refractivity contribution in [3.05, 3.63) is 12.2 Å². The van der Waals surface area contributed by atoms with Gasteiger partial charge in [-0.2, -0.15) is 0 Å². The number of allylic oxidation sites excluding steroid dienone is 1. The third kappa shape index (κ3) is 3.24. The molecule has 1 saturated carbocycles. The number of hydrogen-bond donors (Lipinski definition) is 0. The van der Waals surface area contributed by atoms with Gasteiger partial charge in [0.2, 0.25) is 0 Å². The summed E-state index contributed by atoms with van der Waals surface area (Å²) in [5.74, 6) is 0.113. The molecule has 0 radical (unpaired) electrons. The first-order valence-electron chi connectivity index (χ1n) is 5.03. The van der Waals surface area contributed by atoms with Crippen LogP contribution in [0.25, 0.3) is 0 Å². The first-order chi connectivity index (χ1) is 6.63. The monoisotopic (exact) mass is 197 g/mol. The van der Waals surface area contributed by atoms with Gasteiger partial charge in [-0.3, -0.25) is 9.69 Å². The predicted octanol–water partition coefficient (Wildman–Crippen LogP) is 1.24. The van der Waals surface area contributed by atoms with Crippen molar-refractivity contribution in [2.24, 2.45) is 0 Å². The molecule has 3 heteroatoms. The number of carbonyl (C=O) groups excluding carboxylic acids is 1. The van der Waals surface area contributed by atoms with Crippen LogP contribution in [-0.2, 0) is 9.53 Å². The number of ether oxygens (including phenoxy) is 1. The van der Waals surface area contributed by atoms with Crippen molar-refractivity contribution in [1.29, 1.82) is 0 Å². The molecule has 1 fully saturated rings. The molecule has 1 rings (SSSR count). The summed E-state index contributed by atoms with van der Waals surface area (Å²) in [7, 11) is 3.84. The van der Waals surface area contributed by atoms with Gasteiger partial charge in [-0.15, -0.1) is 0 Å². The third-order valence-electron chi connectivity index (χ3n) is 2.77. The molecule has 0 aliphatic heterocycles. The Morgan fingerprint density at radius 2 is 2.21 bits per heavy atom. The Hall–Kier alpha value is -0.670. The molecule has 14 heavy (non-hydrogen) atoms. The quantitative estimate of drug-likeness (QED) is 0.621. The highest BCUT2D eigenvalue weighted by atomic mass is 16.5. The van der Waals surface area contributed by atoms with Crippen LogP contribution in [0.3, 0.4) is 0 Å². The molecule has 3 nitrogen and oxygen atoms in total. The van der Waals surface area contributed by atoms with E-state index in [1.165, 1.54) is 0 Å². The molecule has 0 bridgehead atoms. The maximum absolute atomic E-state index is 10.7. The molecular weight excluding hydrogens is 178 g/mol. The highest BCUT2D eigenvalue weighted by molar-refractivity contribution is 5.87. The van der Waals surface area contributed by atoms with Crippen LogP contribution in [0.15, 0.2) is 12.2 Å². The van der Waals surface area contributed by atoms with Gasteiger partial charge in [-0.1, -0.05) is 6.08 Å². The first kappa shape index (κ1) is 11.4. The lowest BCUT2D eigenvalue weighted by Crippen LogP contribution is -2.46. The SMILES string of the molecule is COC1CC(N(C)C/C=C/C(C)=O)C1. The summed E-state index contributed by atoms with van der Waals surface area (Å²) in [6.45, 7) is 2.42. The minimum Gasteiger partial charge on any atom is -0.381 e. The fourth-order valence-corrected chi connectivity index (χ4v) is 1.62. The van der Waals surface area contributed by atoms with E-state index in [4.69, 9.17) is 4.74 Å². The van der Waals surface area contributed by atoms with Crippen molar-refractivity contribution in [3.63, 3.8) is 0 Å². The van der Waals surface area contributed by atoms with E-state index < -0.39 is 0 Å². The van der Waals surface area contributed by atoms with E-state index in [0.717, 1.165) is 19.4 Å². The molecule has 1 aliphatic rings. The minimum absolute atomic E-state index is 0.113. The normalized spacial score (nSPS) is 26.9. The Labute approximate surface area is 85.7 Å². The van der Waals surface area contributed by atoms with Crippen LogP contribution in [0.1, 0.15) is 19.8 Å². The van der Waals surface area contributed by atoms with Crippen LogP contribution in [0.2, 0.25) is 0 Å². The van der Waals surface area contributed by atoms with Crippen LogP contribution in [0.5, 0.6) is 0 Å². The first-order valence-corrected chi connectivity index (χ1v) is 5.03.